The van der Waals surface area contributed by atoms with Crippen LogP contribution in [0.4, 0.5) is 0 Å². The smallest absolute Gasteiger partial charge is 0.0945 e. The number of nitrogens with zero attached hydrogens (tertiary/aromatic N) is 2. The number of benzene rings is 2. The molecule has 0 saturated heterocycles. The average molecular weight is 418 g/mol. The molecule has 0 bridgehead atoms. The fourth-order valence-electron chi connectivity index (χ4n) is 3.42. The second kappa shape index (κ2) is 7.93. The third-order valence-corrected chi connectivity index (χ3v) is 5.66. The van der Waals surface area contributed by atoms with E-state index in [0.29, 0.717) is 10.0 Å². The molecule has 2 heterocycles. The molecule has 2 aromatic heterocycles. The molecule has 5 heteroatoms. The number of halogens is 3. The molecule has 0 saturated carbocycles. The Morgan fingerprint density at radius 1 is 0.926 bits per heavy atom. The molecule has 0 unspecified atom stereocenters. The van der Waals surface area contributed by atoms with Crippen LogP contribution in [0.1, 0.15) is 16.8 Å². The van der Waals surface area contributed by atoms with Crippen molar-refractivity contribution in [3.8, 4) is 11.3 Å². The molecule has 0 radical (unpaired) electrons. The highest BCUT2D eigenvalue weighted by Crippen LogP contribution is 2.33. The summed E-state index contributed by atoms with van der Waals surface area (Å²) in [7, 11) is 0. The second-order valence-electron chi connectivity index (χ2n) is 6.47. The van der Waals surface area contributed by atoms with E-state index in [2.05, 4.69) is 36.6 Å². The van der Waals surface area contributed by atoms with Crippen LogP contribution in [0.2, 0.25) is 10.0 Å². The summed E-state index contributed by atoms with van der Waals surface area (Å²) in [6.45, 7) is 5.04. The molecule has 0 aliphatic rings. The first kappa shape index (κ1) is 19.8. The standard InChI is InChI=1S/C22H18Cl2N2.ClH/c1-14-15(2)26(13-16-8-9-19(23)20(24)12-16)22-18(14)10-11-25-21(22)17-6-4-3-5-7-17;/h3-12H,13H2,1-2H3;1H. The molecule has 27 heavy (non-hydrogen) atoms. The van der Waals surface area contributed by atoms with Gasteiger partial charge in [-0.15, -0.1) is 12.4 Å². The van der Waals surface area contributed by atoms with E-state index >= 15 is 0 Å². The summed E-state index contributed by atoms with van der Waals surface area (Å²) in [5, 5.41) is 2.39. The molecule has 138 valence electrons. The van der Waals surface area contributed by atoms with Gasteiger partial charge in [0, 0.05) is 29.4 Å². The van der Waals surface area contributed by atoms with Crippen LogP contribution in [0.15, 0.2) is 60.8 Å². The highest BCUT2D eigenvalue weighted by molar-refractivity contribution is 6.42. The summed E-state index contributed by atoms with van der Waals surface area (Å²) < 4.78 is 2.32. The van der Waals surface area contributed by atoms with Crippen molar-refractivity contribution in [2.45, 2.75) is 20.4 Å². The Morgan fingerprint density at radius 3 is 2.37 bits per heavy atom. The van der Waals surface area contributed by atoms with Crippen LogP contribution < -0.4 is 0 Å². The quantitative estimate of drug-likeness (QED) is 0.347. The largest absolute Gasteiger partial charge is 0.338 e. The first-order valence-corrected chi connectivity index (χ1v) is 9.25. The van der Waals surface area contributed by atoms with Crippen LogP contribution in [0.3, 0.4) is 0 Å². The van der Waals surface area contributed by atoms with Gasteiger partial charge in [0.25, 0.3) is 0 Å². The fraction of sp³-hybridized carbons (Fsp3) is 0.136. The van der Waals surface area contributed by atoms with Crippen molar-refractivity contribution in [3.05, 3.63) is 87.7 Å². The number of hydrogen-bond acceptors (Lipinski definition) is 1. The van der Waals surface area contributed by atoms with Gasteiger partial charge in [0.15, 0.2) is 0 Å². The predicted octanol–water partition coefficient (Wildman–Crippen LogP) is 7.10. The maximum atomic E-state index is 6.22. The van der Waals surface area contributed by atoms with Crippen molar-refractivity contribution in [2.75, 3.05) is 0 Å². The van der Waals surface area contributed by atoms with E-state index in [9.17, 15) is 0 Å². The molecule has 4 rings (SSSR count). The Hall–Kier alpha value is -2.00. The molecular weight excluding hydrogens is 399 g/mol. The highest BCUT2D eigenvalue weighted by atomic mass is 35.5. The third-order valence-electron chi connectivity index (χ3n) is 4.92. The number of hydrogen-bond donors (Lipinski definition) is 0. The van der Waals surface area contributed by atoms with E-state index in [1.807, 2.05) is 42.6 Å². The van der Waals surface area contributed by atoms with Gasteiger partial charge in [0.05, 0.1) is 21.3 Å². The number of pyridine rings is 1. The topological polar surface area (TPSA) is 17.8 Å². The van der Waals surface area contributed by atoms with E-state index in [-0.39, 0.29) is 12.4 Å². The minimum atomic E-state index is 0. The van der Waals surface area contributed by atoms with Crippen LogP contribution in [-0.2, 0) is 6.54 Å². The Balaban J connectivity index is 0.00000210. The summed E-state index contributed by atoms with van der Waals surface area (Å²) in [6.07, 6.45) is 1.89. The van der Waals surface area contributed by atoms with Gasteiger partial charge in [-0.1, -0.05) is 59.6 Å². The molecule has 2 aromatic carbocycles. The van der Waals surface area contributed by atoms with Crippen molar-refractivity contribution < 1.29 is 0 Å². The molecule has 4 aromatic rings. The number of aromatic nitrogens is 2. The molecule has 0 amide bonds. The average Bonchev–Trinajstić information content (AvgIpc) is 2.90. The maximum absolute atomic E-state index is 6.22. The second-order valence-corrected chi connectivity index (χ2v) is 7.28. The van der Waals surface area contributed by atoms with E-state index in [1.54, 1.807) is 0 Å². The molecule has 0 spiro atoms. The van der Waals surface area contributed by atoms with Gasteiger partial charge in [-0.3, -0.25) is 4.98 Å². The van der Waals surface area contributed by atoms with Gasteiger partial charge in [0.2, 0.25) is 0 Å². The van der Waals surface area contributed by atoms with E-state index in [1.165, 1.54) is 16.6 Å². The zero-order valence-electron chi connectivity index (χ0n) is 15.0. The third kappa shape index (κ3) is 3.58. The Bertz CT molecular complexity index is 1100. The number of rotatable bonds is 3. The lowest BCUT2D eigenvalue weighted by atomic mass is 10.1. The van der Waals surface area contributed by atoms with Gasteiger partial charge in [-0.25, -0.2) is 0 Å². The maximum Gasteiger partial charge on any atom is 0.0945 e. The van der Waals surface area contributed by atoms with Crippen molar-refractivity contribution in [1.29, 1.82) is 0 Å². The van der Waals surface area contributed by atoms with Crippen LogP contribution in [0.5, 0.6) is 0 Å². The van der Waals surface area contributed by atoms with Crippen LogP contribution in [0.25, 0.3) is 22.2 Å². The summed E-state index contributed by atoms with van der Waals surface area (Å²) in [5.74, 6) is 0. The molecule has 0 fully saturated rings. The monoisotopic (exact) mass is 416 g/mol. The van der Waals surface area contributed by atoms with Gasteiger partial charge in [-0.05, 0) is 43.2 Å². The normalized spacial score (nSPS) is 10.8. The molecule has 2 nitrogen and oxygen atoms in total. The van der Waals surface area contributed by atoms with Crippen molar-refractivity contribution in [3.63, 3.8) is 0 Å². The molecule has 0 aliphatic heterocycles. The van der Waals surface area contributed by atoms with Gasteiger partial charge in [0.1, 0.15) is 0 Å². The van der Waals surface area contributed by atoms with E-state index in [0.717, 1.165) is 28.9 Å². The predicted molar refractivity (Wildman–Crippen MR) is 117 cm³/mol. The summed E-state index contributed by atoms with van der Waals surface area (Å²) in [6, 6.07) is 18.2. The van der Waals surface area contributed by atoms with Crippen molar-refractivity contribution in [1.82, 2.24) is 9.55 Å². The molecule has 0 atom stereocenters. The van der Waals surface area contributed by atoms with E-state index < -0.39 is 0 Å². The Morgan fingerprint density at radius 2 is 1.67 bits per heavy atom. The molecule has 0 aliphatic carbocycles. The number of aryl methyl sites for hydroxylation is 1. The number of fused-ring (bicyclic) bond motifs is 1. The van der Waals surface area contributed by atoms with Crippen LogP contribution in [0, 0.1) is 13.8 Å². The lowest BCUT2D eigenvalue weighted by Gasteiger charge is -2.12. The van der Waals surface area contributed by atoms with Gasteiger partial charge >= 0.3 is 0 Å². The fourth-order valence-corrected chi connectivity index (χ4v) is 3.74. The van der Waals surface area contributed by atoms with Gasteiger partial charge in [-0.2, -0.15) is 0 Å². The first-order chi connectivity index (χ1) is 12.6. The molecule has 0 N–H and O–H groups in total. The Kier molecular flexibility index (Phi) is 5.81. The highest BCUT2D eigenvalue weighted by Gasteiger charge is 2.16. The van der Waals surface area contributed by atoms with Crippen LogP contribution in [-0.4, -0.2) is 9.55 Å². The SMILES string of the molecule is Cc1c(C)n(Cc2ccc(Cl)c(Cl)c2)c2c(-c3ccccc3)nccc12.Cl. The summed E-state index contributed by atoms with van der Waals surface area (Å²) >= 11 is 12.3. The minimum absolute atomic E-state index is 0. The zero-order valence-corrected chi connectivity index (χ0v) is 17.4. The lowest BCUT2D eigenvalue weighted by Crippen LogP contribution is -2.03. The van der Waals surface area contributed by atoms with Gasteiger partial charge < -0.3 is 4.57 Å². The van der Waals surface area contributed by atoms with Crippen molar-refractivity contribution >= 4 is 46.5 Å². The van der Waals surface area contributed by atoms with E-state index in [4.69, 9.17) is 28.2 Å². The minimum Gasteiger partial charge on any atom is -0.338 e. The first-order valence-electron chi connectivity index (χ1n) is 8.50. The van der Waals surface area contributed by atoms with Crippen LogP contribution >= 0.6 is 35.6 Å². The van der Waals surface area contributed by atoms with Crippen molar-refractivity contribution in [2.24, 2.45) is 0 Å². The zero-order chi connectivity index (χ0) is 18.3. The molecular formula is C22H19Cl3N2. The summed E-state index contributed by atoms with van der Waals surface area (Å²) in [4.78, 5) is 4.70. The Labute approximate surface area is 175 Å². The summed E-state index contributed by atoms with van der Waals surface area (Å²) in [5.41, 5.74) is 6.89. The lowest BCUT2D eigenvalue weighted by molar-refractivity contribution is 0.800.